The van der Waals surface area contributed by atoms with Crippen LogP contribution in [0, 0.1) is 20.8 Å². The van der Waals surface area contributed by atoms with Crippen LogP contribution in [0.2, 0.25) is 0 Å². The summed E-state index contributed by atoms with van der Waals surface area (Å²) in [5.41, 5.74) is 6.31. The SMILES string of the molecule is CC(=O)Oc1c(C)c(C)c(O)c(C(C[C@@](C)(CCC=C(C)CCC=C(C)CCC=C(C)C)OC(C)=O)SC(C)C)c1C. The summed E-state index contributed by atoms with van der Waals surface area (Å²) in [6.07, 6.45) is 13.1. The number of hydrogen-bond acceptors (Lipinski definition) is 6. The summed E-state index contributed by atoms with van der Waals surface area (Å²) in [6, 6.07) is 0. The van der Waals surface area contributed by atoms with E-state index >= 15 is 0 Å². The molecular formula is C36H56O5S. The lowest BCUT2D eigenvalue weighted by atomic mass is 9.87. The molecule has 0 aliphatic heterocycles. The van der Waals surface area contributed by atoms with Gasteiger partial charge in [0.1, 0.15) is 17.1 Å². The van der Waals surface area contributed by atoms with Gasteiger partial charge < -0.3 is 14.6 Å². The summed E-state index contributed by atoms with van der Waals surface area (Å²) >= 11 is 1.72. The lowest BCUT2D eigenvalue weighted by Gasteiger charge is -2.35. The number of phenols is 1. The number of aromatic hydroxyl groups is 1. The minimum atomic E-state index is -0.740. The van der Waals surface area contributed by atoms with Gasteiger partial charge >= 0.3 is 11.9 Å². The Bertz CT molecular complexity index is 1170. The first-order chi connectivity index (χ1) is 19.5. The lowest BCUT2D eigenvalue weighted by molar-refractivity contribution is -0.156. The smallest absolute Gasteiger partial charge is 0.308 e. The number of carbonyl (C=O) groups excluding carboxylic acids is 2. The van der Waals surface area contributed by atoms with Crippen LogP contribution in [0.25, 0.3) is 0 Å². The molecule has 0 aromatic heterocycles. The van der Waals surface area contributed by atoms with Gasteiger partial charge in [-0.15, -0.1) is 0 Å². The molecule has 236 valence electrons. The average Bonchev–Trinajstić information content (AvgIpc) is 2.84. The minimum Gasteiger partial charge on any atom is -0.507 e. The van der Waals surface area contributed by atoms with Crippen molar-refractivity contribution >= 4 is 23.7 Å². The molecule has 0 saturated carbocycles. The summed E-state index contributed by atoms with van der Waals surface area (Å²) in [6.45, 7) is 23.3. The van der Waals surface area contributed by atoms with Crippen molar-refractivity contribution in [2.24, 2.45) is 0 Å². The second-order valence-corrected chi connectivity index (χ2v) is 14.3. The quantitative estimate of drug-likeness (QED) is 0.116. The van der Waals surface area contributed by atoms with Crippen molar-refractivity contribution in [3.63, 3.8) is 0 Å². The number of rotatable bonds is 16. The van der Waals surface area contributed by atoms with Crippen LogP contribution in [0.4, 0.5) is 0 Å². The van der Waals surface area contributed by atoms with Crippen LogP contribution < -0.4 is 4.74 Å². The summed E-state index contributed by atoms with van der Waals surface area (Å²) in [7, 11) is 0. The predicted octanol–water partition coefficient (Wildman–Crippen LogP) is 10.3. The zero-order valence-corrected chi connectivity index (χ0v) is 29.1. The van der Waals surface area contributed by atoms with Crippen LogP contribution in [0.1, 0.15) is 135 Å². The molecule has 1 unspecified atom stereocenters. The molecule has 1 aromatic rings. The first-order valence-corrected chi connectivity index (χ1v) is 16.2. The maximum atomic E-state index is 12.3. The van der Waals surface area contributed by atoms with E-state index in [2.05, 4.69) is 59.8 Å². The van der Waals surface area contributed by atoms with Gasteiger partial charge in [-0.1, -0.05) is 48.8 Å². The second kappa shape index (κ2) is 17.6. The molecule has 0 heterocycles. The Morgan fingerprint density at radius 2 is 1.38 bits per heavy atom. The molecule has 0 bridgehead atoms. The zero-order chi connectivity index (χ0) is 32.2. The summed E-state index contributed by atoms with van der Waals surface area (Å²) in [4.78, 5) is 24.2. The number of hydrogen-bond donors (Lipinski definition) is 1. The molecule has 5 nitrogen and oxygen atoms in total. The summed E-state index contributed by atoms with van der Waals surface area (Å²) < 4.78 is 11.6. The van der Waals surface area contributed by atoms with E-state index in [-0.39, 0.29) is 22.2 Å². The molecule has 0 spiro atoms. The Morgan fingerprint density at radius 3 is 1.88 bits per heavy atom. The largest absolute Gasteiger partial charge is 0.507 e. The van der Waals surface area contributed by atoms with Crippen molar-refractivity contribution < 1.29 is 24.2 Å². The predicted molar refractivity (Wildman–Crippen MR) is 179 cm³/mol. The summed E-state index contributed by atoms with van der Waals surface area (Å²) in [5, 5.41) is 11.4. The molecule has 0 fully saturated rings. The van der Waals surface area contributed by atoms with Gasteiger partial charge in [0.15, 0.2) is 0 Å². The highest BCUT2D eigenvalue weighted by molar-refractivity contribution is 8.00. The minimum absolute atomic E-state index is 0.174. The fourth-order valence-electron chi connectivity index (χ4n) is 5.27. The van der Waals surface area contributed by atoms with E-state index < -0.39 is 11.6 Å². The Morgan fingerprint density at radius 1 is 0.833 bits per heavy atom. The molecule has 0 radical (unpaired) electrons. The standard InChI is InChI=1S/C36H56O5S/c1-23(2)16-13-17-25(5)18-14-19-26(6)20-15-21-36(12,41-31(11)38)22-32(42-24(3)4)33-29(9)35(40-30(10)37)28(8)27(7)34(33)39/h16,18,20,24,32,39H,13-15,17,19,21-22H2,1-12H3/t32?,36-/m1/s1. The van der Waals surface area contributed by atoms with Gasteiger partial charge in [0.25, 0.3) is 0 Å². The van der Waals surface area contributed by atoms with Crippen molar-refractivity contribution in [2.75, 3.05) is 0 Å². The van der Waals surface area contributed by atoms with Crippen LogP contribution in [0.15, 0.2) is 34.9 Å². The van der Waals surface area contributed by atoms with Crippen molar-refractivity contribution in [1.29, 1.82) is 0 Å². The third-order valence-corrected chi connectivity index (χ3v) is 8.83. The number of thioether (sulfide) groups is 1. The van der Waals surface area contributed by atoms with Crippen molar-refractivity contribution in [2.45, 2.75) is 144 Å². The molecule has 1 rings (SSSR count). The zero-order valence-electron chi connectivity index (χ0n) is 28.3. The van der Waals surface area contributed by atoms with Gasteiger partial charge in [-0.2, -0.15) is 11.8 Å². The highest BCUT2D eigenvalue weighted by Crippen LogP contribution is 2.49. The first kappa shape index (κ1) is 37.6. The molecule has 0 amide bonds. The summed E-state index contributed by atoms with van der Waals surface area (Å²) in [5.74, 6) is -0.00579. The monoisotopic (exact) mass is 600 g/mol. The molecule has 0 aliphatic rings. The third-order valence-electron chi connectivity index (χ3n) is 7.56. The molecule has 2 atom stereocenters. The Labute approximate surface area is 260 Å². The fraction of sp³-hybridized carbons (Fsp3) is 0.611. The fourth-order valence-corrected chi connectivity index (χ4v) is 6.80. The lowest BCUT2D eigenvalue weighted by Crippen LogP contribution is -2.33. The average molecular weight is 601 g/mol. The first-order valence-electron chi connectivity index (χ1n) is 15.3. The van der Waals surface area contributed by atoms with E-state index in [0.717, 1.165) is 48.8 Å². The van der Waals surface area contributed by atoms with E-state index in [9.17, 15) is 14.7 Å². The van der Waals surface area contributed by atoms with Crippen molar-refractivity contribution in [3.8, 4) is 11.5 Å². The number of phenolic OH excluding ortho intramolecular Hbond substituents is 1. The Hall–Kier alpha value is -2.47. The van der Waals surface area contributed by atoms with Crippen molar-refractivity contribution in [3.05, 3.63) is 57.2 Å². The van der Waals surface area contributed by atoms with Gasteiger partial charge in [0, 0.05) is 36.6 Å². The van der Waals surface area contributed by atoms with Gasteiger partial charge in [-0.05, 0) is 110 Å². The molecule has 0 saturated heterocycles. The maximum Gasteiger partial charge on any atom is 0.308 e. The van der Waals surface area contributed by atoms with Crippen LogP contribution >= 0.6 is 11.8 Å². The topological polar surface area (TPSA) is 72.8 Å². The molecule has 0 aliphatic carbocycles. The van der Waals surface area contributed by atoms with Crippen LogP contribution in [0.5, 0.6) is 11.5 Å². The number of ether oxygens (including phenoxy) is 2. The number of esters is 2. The van der Waals surface area contributed by atoms with Gasteiger partial charge in [-0.25, -0.2) is 0 Å². The van der Waals surface area contributed by atoms with Crippen LogP contribution in [0.3, 0.4) is 0 Å². The molecule has 42 heavy (non-hydrogen) atoms. The third kappa shape index (κ3) is 12.8. The highest BCUT2D eigenvalue weighted by Gasteiger charge is 2.35. The second-order valence-electron chi connectivity index (χ2n) is 12.5. The number of allylic oxidation sites excluding steroid dienone is 6. The van der Waals surface area contributed by atoms with E-state index in [4.69, 9.17) is 9.47 Å². The van der Waals surface area contributed by atoms with E-state index in [1.807, 2.05) is 27.7 Å². The Kier molecular flexibility index (Phi) is 15.7. The van der Waals surface area contributed by atoms with Crippen molar-refractivity contribution in [1.82, 2.24) is 0 Å². The van der Waals surface area contributed by atoms with Gasteiger partial charge in [0.05, 0.1) is 0 Å². The number of benzene rings is 1. The van der Waals surface area contributed by atoms with E-state index in [1.54, 1.807) is 11.8 Å². The van der Waals surface area contributed by atoms with E-state index in [1.165, 1.54) is 30.6 Å². The molecule has 1 N–H and O–H groups in total. The maximum absolute atomic E-state index is 12.3. The Balaban J connectivity index is 3.20. The van der Waals surface area contributed by atoms with E-state index in [0.29, 0.717) is 24.2 Å². The molecule has 1 aromatic carbocycles. The molecule has 6 heteroatoms. The van der Waals surface area contributed by atoms with Crippen LogP contribution in [-0.4, -0.2) is 27.9 Å². The highest BCUT2D eigenvalue weighted by atomic mass is 32.2. The van der Waals surface area contributed by atoms with Gasteiger partial charge in [0.2, 0.25) is 0 Å². The van der Waals surface area contributed by atoms with Crippen LogP contribution in [-0.2, 0) is 14.3 Å². The number of carbonyl (C=O) groups is 2. The van der Waals surface area contributed by atoms with Gasteiger partial charge in [-0.3, -0.25) is 9.59 Å². The normalized spacial score (nSPS) is 14.4. The molecular weight excluding hydrogens is 544 g/mol.